The second kappa shape index (κ2) is 3.42. The van der Waals surface area contributed by atoms with Crippen LogP contribution >= 0.6 is 11.3 Å². The maximum Gasteiger partial charge on any atom is 0.0904 e. The Morgan fingerprint density at radius 3 is 2.50 bits per heavy atom. The van der Waals surface area contributed by atoms with E-state index in [0.717, 1.165) is 22.0 Å². The van der Waals surface area contributed by atoms with Gasteiger partial charge in [-0.3, -0.25) is 0 Å². The van der Waals surface area contributed by atoms with Crippen molar-refractivity contribution in [3.8, 4) is 11.3 Å². The van der Waals surface area contributed by atoms with E-state index in [-0.39, 0.29) is 0 Å². The number of rotatable bonds is 1. The average molecular weight is 204 g/mol. The first-order valence-corrected chi connectivity index (χ1v) is 5.29. The molecule has 0 atom stereocenters. The zero-order chi connectivity index (χ0) is 10.1. The highest BCUT2D eigenvalue weighted by molar-refractivity contribution is 7.11. The van der Waals surface area contributed by atoms with Gasteiger partial charge in [0.2, 0.25) is 0 Å². The lowest BCUT2D eigenvalue weighted by Gasteiger charge is -2.02. The van der Waals surface area contributed by atoms with Gasteiger partial charge < -0.3 is 5.73 Å². The third kappa shape index (κ3) is 1.51. The molecule has 2 nitrogen and oxygen atoms in total. The van der Waals surface area contributed by atoms with Crippen molar-refractivity contribution in [1.82, 2.24) is 4.98 Å². The molecule has 14 heavy (non-hydrogen) atoms. The molecule has 2 N–H and O–H groups in total. The van der Waals surface area contributed by atoms with Crippen molar-refractivity contribution in [3.63, 3.8) is 0 Å². The molecule has 0 aliphatic rings. The molecule has 0 aliphatic carbocycles. The zero-order valence-electron chi connectivity index (χ0n) is 8.24. The molecule has 0 saturated carbocycles. The fourth-order valence-corrected chi connectivity index (χ4v) is 2.32. The molecule has 2 aromatic rings. The van der Waals surface area contributed by atoms with Crippen LogP contribution in [0.3, 0.4) is 0 Å². The highest BCUT2D eigenvalue weighted by Crippen LogP contribution is 2.30. The van der Waals surface area contributed by atoms with E-state index < -0.39 is 0 Å². The number of nitrogen functional groups attached to an aromatic ring is 1. The minimum absolute atomic E-state index is 0.793. The van der Waals surface area contributed by atoms with Crippen LogP contribution in [0.2, 0.25) is 0 Å². The topological polar surface area (TPSA) is 38.9 Å². The van der Waals surface area contributed by atoms with Crippen molar-refractivity contribution in [2.24, 2.45) is 0 Å². The van der Waals surface area contributed by atoms with Crippen LogP contribution in [-0.2, 0) is 0 Å². The molecular weight excluding hydrogens is 192 g/mol. The van der Waals surface area contributed by atoms with Gasteiger partial charge in [0.1, 0.15) is 0 Å². The number of hydrogen-bond acceptors (Lipinski definition) is 3. The number of nitrogens with two attached hydrogens (primary N) is 1. The number of nitrogens with zero attached hydrogens (tertiary/aromatic N) is 1. The van der Waals surface area contributed by atoms with Gasteiger partial charge in [0.05, 0.1) is 10.7 Å². The second-order valence-electron chi connectivity index (χ2n) is 3.22. The van der Waals surface area contributed by atoms with E-state index in [0.29, 0.717) is 0 Å². The molecular formula is C11H12N2S. The van der Waals surface area contributed by atoms with Crippen molar-refractivity contribution in [3.05, 3.63) is 34.2 Å². The van der Waals surface area contributed by atoms with E-state index in [1.54, 1.807) is 11.3 Å². The number of thiazole rings is 1. The second-order valence-corrected chi connectivity index (χ2v) is 4.63. The lowest BCUT2D eigenvalue weighted by molar-refractivity contribution is 1.28. The van der Waals surface area contributed by atoms with Gasteiger partial charge >= 0.3 is 0 Å². The predicted molar refractivity (Wildman–Crippen MR) is 61.4 cm³/mol. The number of para-hydroxylation sites is 1. The summed E-state index contributed by atoms with van der Waals surface area (Å²) in [5.41, 5.74) is 8.74. The Balaban J connectivity index is 2.60. The van der Waals surface area contributed by atoms with Crippen LogP contribution in [0.1, 0.15) is 9.88 Å². The first kappa shape index (κ1) is 9.21. The van der Waals surface area contributed by atoms with E-state index in [4.69, 9.17) is 5.73 Å². The largest absolute Gasteiger partial charge is 0.398 e. The molecule has 0 unspecified atom stereocenters. The highest BCUT2D eigenvalue weighted by atomic mass is 32.1. The van der Waals surface area contributed by atoms with Gasteiger partial charge in [0.15, 0.2) is 0 Å². The molecule has 0 saturated heterocycles. The van der Waals surface area contributed by atoms with E-state index in [9.17, 15) is 0 Å². The summed E-state index contributed by atoms with van der Waals surface area (Å²) in [6.07, 6.45) is 0. The summed E-state index contributed by atoms with van der Waals surface area (Å²) in [6.45, 7) is 4.09. The normalized spacial score (nSPS) is 10.4. The Kier molecular flexibility index (Phi) is 2.25. The van der Waals surface area contributed by atoms with E-state index in [2.05, 4.69) is 11.9 Å². The fraction of sp³-hybridized carbons (Fsp3) is 0.182. The third-order valence-corrected chi connectivity index (χ3v) is 3.01. The quantitative estimate of drug-likeness (QED) is 0.725. The summed E-state index contributed by atoms with van der Waals surface area (Å²) in [5.74, 6) is 0. The Morgan fingerprint density at radius 1 is 1.21 bits per heavy atom. The van der Waals surface area contributed by atoms with Crippen LogP contribution in [0.15, 0.2) is 24.3 Å². The number of anilines is 1. The van der Waals surface area contributed by atoms with E-state index in [1.807, 2.05) is 31.2 Å². The van der Waals surface area contributed by atoms with Crippen molar-refractivity contribution in [1.29, 1.82) is 0 Å². The molecule has 1 aromatic heterocycles. The predicted octanol–water partition coefficient (Wildman–Crippen LogP) is 3.01. The molecule has 0 aliphatic heterocycles. The first-order valence-electron chi connectivity index (χ1n) is 4.47. The number of aromatic nitrogens is 1. The van der Waals surface area contributed by atoms with Crippen molar-refractivity contribution >= 4 is 17.0 Å². The molecule has 2 rings (SSSR count). The SMILES string of the molecule is Cc1nc(-c2ccccc2N)c(C)s1. The standard InChI is InChI=1S/C11H12N2S/c1-7-11(13-8(2)14-7)9-5-3-4-6-10(9)12/h3-6H,12H2,1-2H3. The summed E-state index contributed by atoms with van der Waals surface area (Å²) < 4.78 is 0. The van der Waals surface area contributed by atoms with Crippen LogP contribution in [0.5, 0.6) is 0 Å². The van der Waals surface area contributed by atoms with Crippen LogP contribution in [0, 0.1) is 13.8 Å². The van der Waals surface area contributed by atoms with E-state index in [1.165, 1.54) is 4.88 Å². The maximum absolute atomic E-state index is 5.90. The van der Waals surface area contributed by atoms with Gasteiger partial charge in [-0.2, -0.15) is 0 Å². The molecule has 0 fully saturated rings. The van der Waals surface area contributed by atoms with Crippen molar-refractivity contribution < 1.29 is 0 Å². The van der Waals surface area contributed by atoms with Crippen LogP contribution in [0.4, 0.5) is 5.69 Å². The van der Waals surface area contributed by atoms with Gasteiger partial charge in [-0.1, -0.05) is 18.2 Å². The Bertz CT molecular complexity index is 460. The van der Waals surface area contributed by atoms with Crippen molar-refractivity contribution in [2.75, 3.05) is 5.73 Å². The third-order valence-electron chi connectivity index (χ3n) is 2.12. The van der Waals surface area contributed by atoms with Crippen LogP contribution in [-0.4, -0.2) is 4.98 Å². The van der Waals surface area contributed by atoms with Gasteiger partial charge in [-0.05, 0) is 19.9 Å². The first-order chi connectivity index (χ1) is 6.68. The maximum atomic E-state index is 5.90. The molecule has 3 heteroatoms. The summed E-state index contributed by atoms with van der Waals surface area (Å²) in [6, 6.07) is 7.84. The van der Waals surface area contributed by atoms with Gasteiger partial charge in [-0.25, -0.2) is 4.98 Å². The summed E-state index contributed by atoms with van der Waals surface area (Å²) >= 11 is 1.71. The molecule has 0 radical (unpaired) electrons. The molecule has 0 amide bonds. The summed E-state index contributed by atoms with van der Waals surface area (Å²) in [5, 5.41) is 1.08. The highest BCUT2D eigenvalue weighted by Gasteiger charge is 2.09. The summed E-state index contributed by atoms with van der Waals surface area (Å²) in [7, 11) is 0. The Hall–Kier alpha value is -1.35. The van der Waals surface area contributed by atoms with Crippen molar-refractivity contribution in [2.45, 2.75) is 13.8 Å². The molecule has 0 bridgehead atoms. The zero-order valence-corrected chi connectivity index (χ0v) is 9.06. The minimum Gasteiger partial charge on any atom is -0.398 e. The lowest BCUT2D eigenvalue weighted by atomic mass is 10.1. The molecule has 0 spiro atoms. The molecule has 1 aromatic carbocycles. The molecule has 72 valence electrons. The average Bonchev–Trinajstić information content (AvgIpc) is 2.46. The van der Waals surface area contributed by atoms with Gasteiger partial charge in [0, 0.05) is 16.1 Å². The number of hydrogen-bond donors (Lipinski definition) is 1. The smallest absolute Gasteiger partial charge is 0.0904 e. The minimum atomic E-state index is 0.793. The fourth-order valence-electron chi connectivity index (χ4n) is 1.49. The lowest BCUT2D eigenvalue weighted by Crippen LogP contribution is -1.90. The monoisotopic (exact) mass is 204 g/mol. The number of aryl methyl sites for hydroxylation is 2. The van der Waals surface area contributed by atoms with E-state index >= 15 is 0 Å². The van der Waals surface area contributed by atoms with Crippen LogP contribution in [0.25, 0.3) is 11.3 Å². The van der Waals surface area contributed by atoms with Gasteiger partial charge in [0.25, 0.3) is 0 Å². The Morgan fingerprint density at radius 2 is 1.93 bits per heavy atom. The number of benzene rings is 1. The van der Waals surface area contributed by atoms with Crippen LogP contribution < -0.4 is 5.73 Å². The summed E-state index contributed by atoms with van der Waals surface area (Å²) in [4.78, 5) is 5.70. The molecule has 1 heterocycles. The van der Waals surface area contributed by atoms with Gasteiger partial charge in [-0.15, -0.1) is 11.3 Å². The Labute approximate surface area is 87.4 Å².